The van der Waals surface area contributed by atoms with Crippen LogP contribution >= 0.6 is 0 Å². The topological polar surface area (TPSA) is 110 Å². The molecule has 0 aromatic carbocycles. The number of nitrogen functional groups attached to an aromatic ring is 1. The Hall–Kier alpha value is -2.31. The number of H-pyrrole nitrogens is 1. The van der Waals surface area contributed by atoms with Gasteiger partial charge < -0.3 is 15.5 Å². The van der Waals surface area contributed by atoms with Crippen molar-refractivity contribution in [2.24, 2.45) is 0 Å². The average Bonchev–Trinajstić information content (AvgIpc) is 2.92. The molecule has 0 spiro atoms. The number of nitrogens with two attached hydrogens (primary N) is 1. The summed E-state index contributed by atoms with van der Waals surface area (Å²) >= 11 is 0. The number of aromatic amines is 1. The third kappa shape index (κ3) is 2.75. The van der Waals surface area contributed by atoms with Gasteiger partial charge in [0.15, 0.2) is 5.69 Å². The van der Waals surface area contributed by atoms with Gasteiger partial charge in [-0.25, -0.2) is 4.98 Å². The molecule has 19 heavy (non-hydrogen) atoms. The van der Waals surface area contributed by atoms with Crippen molar-refractivity contribution in [3.63, 3.8) is 0 Å². The molecule has 1 amide bonds. The number of aryl methyl sites for hydroxylation is 1. The molecule has 0 fully saturated rings. The molecular weight excluding hydrogens is 246 g/mol. The first kappa shape index (κ1) is 13.1. The Morgan fingerprint density at radius 3 is 2.84 bits per heavy atom. The molecule has 0 aliphatic carbocycles. The van der Waals surface area contributed by atoms with Crippen LogP contribution in [0.5, 0.6) is 0 Å². The normalized spacial score (nSPS) is 10.9. The van der Waals surface area contributed by atoms with Crippen LogP contribution in [-0.4, -0.2) is 21.1 Å². The fraction of sp³-hybridized carbons (Fsp3) is 0.417. The first-order valence-corrected chi connectivity index (χ1v) is 6.02. The van der Waals surface area contributed by atoms with E-state index in [-0.39, 0.29) is 24.1 Å². The van der Waals surface area contributed by atoms with Crippen molar-refractivity contribution in [3.8, 4) is 0 Å². The molecule has 0 radical (unpaired) electrons. The maximum Gasteiger partial charge on any atom is 0.274 e. The second-order valence-electron chi connectivity index (χ2n) is 4.60. The van der Waals surface area contributed by atoms with E-state index in [1.54, 1.807) is 13.1 Å². The van der Waals surface area contributed by atoms with E-state index in [9.17, 15) is 4.79 Å². The van der Waals surface area contributed by atoms with Crippen molar-refractivity contribution in [3.05, 3.63) is 29.2 Å². The summed E-state index contributed by atoms with van der Waals surface area (Å²) in [6, 6.07) is 0. The van der Waals surface area contributed by atoms with Gasteiger partial charge in [-0.3, -0.25) is 9.89 Å². The molecule has 7 heteroatoms. The van der Waals surface area contributed by atoms with Crippen LogP contribution in [0, 0.1) is 6.92 Å². The second kappa shape index (κ2) is 5.13. The number of nitrogens with zero attached hydrogens (tertiary/aromatic N) is 2. The molecule has 0 saturated heterocycles. The van der Waals surface area contributed by atoms with Gasteiger partial charge in [0.05, 0.1) is 24.1 Å². The summed E-state index contributed by atoms with van der Waals surface area (Å²) in [4.78, 5) is 15.9. The van der Waals surface area contributed by atoms with Gasteiger partial charge in [-0.1, -0.05) is 13.8 Å². The highest BCUT2D eigenvalue weighted by atomic mass is 16.4. The lowest BCUT2D eigenvalue weighted by Crippen LogP contribution is -2.24. The minimum atomic E-state index is -0.350. The van der Waals surface area contributed by atoms with Gasteiger partial charge in [0.25, 0.3) is 5.91 Å². The smallest absolute Gasteiger partial charge is 0.274 e. The average molecular weight is 263 g/mol. The molecule has 0 atom stereocenters. The van der Waals surface area contributed by atoms with Gasteiger partial charge in [0, 0.05) is 0 Å². The third-order valence-electron chi connectivity index (χ3n) is 2.70. The van der Waals surface area contributed by atoms with Crippen LogP contribution in [0.2, 0.25) is 0 Å². The number of oxazole rings is 1. The number of nitrogens with one attached hydrogen (secondary N) is 2. The number of amides is 1. The highest BCUT2D eigenvalue weighted by molar-refractivity contribution is 5.97. The Morgan fingerprint density at radius 1 is 1.58 bits per heavy atom. The number of hydrogen-bond acceptors (Lipinski definition) is 5. The van der Waals surface area contributed by atoms with Crippen LogP contribution < -0.4 is 11.1 Å². The number of aromatic nitrogens is 3. The maximum absolute atomic E-state index is 11.9. The fourth-order valence-electron chi connectivity index (χ4n) is 1.70. The summed E-state index contributed by atoms with van der Waals surface area (Å²) in [7, 11) is 0. The van der Waals surface area contributed by atoms with E-state index in [0.717, 1.165) is 5.69 Å². The van der Waals surface area contributed by atoms with E-state index in [1.807, 2.05) is 13.8 Å². The van der Waals surface area contributed by atoms with Crippen molar-refractivity contribution in [2.45, 2.75) is 33.2 Å². The summed E-state index contributed by atoms with van der Waals surface area (Å²) in [6.45, 7) is 5.94. The zero-order valence-electron chi connectivity index (χ0n) is 11.2. The Labute approximate surface area is 110 Å². The lowest BCUT2D eigenvalue weighted by atomic mass is 10.1. The zero-order chi connectivity index (χ0) is 14.0. The van der Waals surface area contributed by atoms with Crippen molar-refractivity contribution in [2.75, 3.05) is 5.73 Å². The predicted octanol–water partition coefficient (Wildman–Crippen LogP) is 1.34. The van der Waals surface area contributed by atoms with Crippen LogP contribution in [0.25, 0.3) is 0 Å². The van der Waals surface area contributed by atoms with E-state index >= 15 is 0 Å². The zero-order valence-corrected chi connectivity index (χ0v) is 11.2. The monoisotopic (exact) mass is 263 g/mol. The van der Waals surface area contributed by atoms with Crippen LogP contribution in [0.1, 0.15) is 47.6 Å². The lowest BCUT2D eigenvalue weighted by Gasteiger charge is -2.03. The molecule has 102 valence electrons. The van der Waals surface area contributed by atoms with Gasteiger partial charge in [-0.2, -0.15) is 5.10 Å². The van der Waals surface area contributed by atoms with Gasteiger partial charge in [0.2, 0.25) is 5.89 Å². The van der Waals surface area contributed by atoms with Crippen molar-refractivity contribution >= 4 is 11.6 Å². The lowest BCUT2D eigenvalue weighted by molar-refractivity contribution is 0.0943. The number of hydrogen-bond donors (Lipinski definition) is 3. The first-order valence-electron chi connectivity index (χ1n) is 6.02. The van der Waals surface area contributed by atoms with Gasteiger partial charge >= 0.3 is 0 Å². The minimum Gasteiger partial charge on any atom is -0.444 e. The molecule has 7 nitrogen and oxygen atoms in total. The molecule has 2 heterocycles. The number of carbonyl (C=O) groups excluding carboxylic acids is 1. The summed E-state index contributed by atoms with van der Waals surface area (Å²) in [5.74, 6) is 0.981. The van der Waals surface area contributed by atoms with E-state index in [2.05, 4.69) is 20.5 Å². The SMILES string of the molecule is Cc1cnc(CNC(=O)c2n[nH]c(C(C)C)c2N)o1. The second-order valence-corrected chi connectivity index (χ2v) is 4.60. The van der Waals surface area contributed by atoms with Crippen LogP contribution in [0.3, 0.4) is 0 Å². The Balaban J connectivity index is 2.04. The van der Waals surface area contributed by atoms with Crippen molar-refractivity contribution in [1.82, 2.24) is 20.5 Å². The third-order valence-corrected chi connectivity index (χ3v) is 2.70. The Morgan fingerprint density at radius 2 is 2.32 bits per heavy atom. The number of rotatable bonds is 4. The van der Waals surface area contributed by atoms with Crippen LogP contribution in [0.4, 0.5) is 5.69 Å². The number of carbonyl (C=O) groups is 1. The largest absolute Gasteiger partial charge is 0.444 e. The predicted molar refractivity (Wildman–Crippen MR) is 69.5 cm³/mol. The van der Waals surface area contributed by atoms with Crippen molar-refractivity contribution < 1.29 is 9.21 Å². The van der Waals surface area contributed by atoms with E-state index < -0.39 is 0 Å². The summed E-state index contributed by atoms with van der Waals surface area (Å²) in [6.07, 6.45) is 1.60. The molecule has 0 bridgehead atoms. The summed E-state index contributed by atoms with van der Waals surface area (Å²) < 4.78 is 5.26. The van der Waals surface area contributed by atoms with E-state index in [4.69, 9.17) is 10.2 Å². The summed E-state index contributed by atoms with van der Waals surface area (Å²) in [5.41, 5.74) is 7.23. The molecule has 2 aromatic heterocycles. The van der Waals surface area contributed by atoms with Gasteiger partial charge in [0.1, 0.15) is 5.76 Å². The maximum atomic E-state index is 11.9. The molecule has 0 aliphatic rings. The molecular formula is C12H17N5O2. The Kier molecular flexibility index (Phi) is 3.55. The first-order chi connectivity index (χ1) is 8.99. The molecule has 0 aliphatic heterocycles. The van der Waals surface area contributed by atoms with E-state index in [0.29, 0.717) is 17.3 Å². The molecule has 0 saturated carbocycles. The molecule has 2 rings (SSSR count). The van der Waals surface area contributed by atoms with Gasteiger partial charge in [-0.15, -0.1) is 0 Å². The van der Waals surface area contributed by atoms with Gasteiger partial charge in [-0.05, 0) is 12.8 Å². The summed E-state index contributed by atoms with van der Waals surface area (Å²) in [5, 5.41) is 9.39. The molecule has 2 aromatic rings. The quantitative estimate of drug-likeness (QED) is 0.771. The standard InChI is InChI=1S/C12H17N5O2/c1-6(2)10-9(13)11(17-16-10)12(18)15-5-8-14-4-7(3)19-8/h4,6H,5,13H2,1-3H3,(H,15,18)(H,16,17). The highest BCUT2D eigenvalue weighted by Gasteiger charge is 2.18. The Bertz CT molecular complexity index is 585. The highest BCUT2D eigenvalue weighted by Crippen LogP contribution is 2.21. The minimum absolute atomic E-state index is 0.184. The van der Waals surface area contributed by atoms with Crippen LogP contribution in [-0.2, 0) is 6.54 Å². The molecule has 4 N–H and O–H groups in total. The van der Waals surface area contributed by atoms with Crippen LogP contribution in [0.15, 0.2) is 10.6 Å². The fourth-order valence-corrected chi connectivity index (χ4v) is 1.70. The molecule has 0 unspecified atom stereocenters. The number of anilines is 1. The van der Waals surface area contributed by atoms with E-state index in [1.165, 1.54) is 0 Å². The van der Waals surface area contributed by atoms with Crippen molar-refractivity contribution in [1.29, 1.82) is 0 Å².